The van der Waals surface area contributed by atoms with Crippen molar-refractivity contribution in [2.75, 3.05) is 23.3 Å². The van der Waals surface area contributed by atoms with Crippen molar-refractivity contribution in [2.45, 2.75) is 18.7 Å². The second kappa shape index (κ2) is 10.4. The van der Waals surface area contributed by atoms with Crippen LogP contribution in [0.4, 0.5) is 11.4 Å². The van der Waals surface area contributed by atoms with Crippen LogP contribution in [0, 0.1) is 6.92 Å². The lowest BCUT2D eigenvalue weighted by Crippen LogP contribution is -2.20. The molecule has 7 nitrogen and oxygen atoms in total. The van der Waals surface area contributed by atoms with Crippen LogP contribution in [0.25, 0.3) is 0 Å². The monoisotopic (exact) mass is 474 g/mol. The number of benzene rings is 3. The Morgan fingerprint density at radius 2 is 1.59 bits per heavy atom. The summed E-state index contributed by atoms with van der Waals surface area (Å²) >= 11 is 6.19. The Morgan fingerprint density at radius 3 is 2.22 bits per heavy atom. The molecule has 32 heavy (non-hydrogen) atoms. The lowest BCUT2D eigenvalue weighted by molar-refractivity contribution is -0.118. The number of ether oxygens (including phenoxy) is 2. The van der Waals surface area contributed by atoms with Crippen LogP contribution in [-0.2, 0) is 14.8 Å². The van der Waals surface area contributed by atoms with Gasteiger partial charge in [0.05, 0.1) is 16.5 Å². The quantitative estimate of drug-likeness (QED) is 0.461. The van der Waals surface area contributed by atoms with E-state index < -0.39 is 10.0 Å². The number of carbonyl (C=O) groups excluding carboxylic acids is 1. The molecule has 0 fully saturated rings. The lowest BCUT2D eigenvalue weighted by atomic mass is 10.2. The van der Waals surface area contributed by atoms with Gasteiger partial charge >= 0.3 is 0 Å². The van der Waals surface area contributed by atoms with Crippen LogP contribution in [-0.4, -0.2) is 27.5 Å². The maximum absolute atomic E-state index is 12.6. The minimum Gasteiger partial charge on any atom is -0.494 e. The Kier molecular flexibility index (Phi) is 7.61. The number of aryl methyl sites for hydroxylation is 1. The van der Waals surface area contributed by atoms with Crippen molar-refractivity contribution in [1.29, 1.82) is 0 Å². The van der Waals surface area contributed by atoms with E-state index in [4.69, 9.17) is 21.1 Å². The molecule has 0 aromatic heterocycles. The van der Waals surface area contributed by atoms with Crippen molar-refractivity contribution in [3.05, 3.63) is 77.3 Å². The molecule has 0 aliphatic heterocycles. The molecule has 3 rings (SSSR count). The first-order chi connectivity index (χ1) is 15.3. The molecule has 3 aromatic carbocycles. The van der Waals surface area contributed by atoms with Gasteiger partial charge in [0.2, 0.25) is 0 Å². The molecule has 1 amide bonds. The van der Waals surface area contributed by atoms with Crippen LogP contribution in [0.2, 0.25) is 5.02 Å². The number of anilines is 2. The molecule has 2 N–H and O–H groups in total. The maximum atomic E-state index is 12.6. The van der Waals surface area contributed by atoms with Crippen LogP contribution < -0.4 is 19.5 Å². The SMILES string of the molecule is CCOc1ccc(NC(=O)COc2ccc(S(=O)(=O)Nc3ccc(C)cc3)cc2Cl)cc1. The van der Waals surface area contributed by atoms with Crippen LogP contribution in [0.3, 0.4) is 0 Å². The number of hydrogen-bond donors (Lipinski definition) is 2. The maximum Gasteiger partial charge on any atom is 0.262 e. The fraction of sp³-hybridized carbons (Fsp3) is 0.174. The van der Waals surface area contributed by atoms with Gasteiger partial charge in [0.15, 0.2) is 6.61 Å². The summed E-state index contributed by atoms with van der Waals surface area (Å²) < 4.78 is 38.5. The molecule has 0 atom stereocenters. The van der Waals surface area contributed by atoms with Crippen LogP contribution in [0.5, 0.6) is 11.5 Å². The van der Waals surface area contributed by atoms with Gasteiger partial charge < -0.3 is 14.8 Å². The third-order valence-corrected chi connectivity index (χ3v) is 6.00. The highest BCUT2D eigenvalue weighted by Gasteiger charge is 2.17. The van der Waals surface area contributed by atoms with Crippen molar-refractivity contribution >= 4 is 38.9 Å². The second-order valence-electron chi connectivity index (χ2n) is 6.86. The van der Waals surface area contributed by atoms with Gasteiger partial charge in [0.1, 0.15) is 11.5 Å². The largest absolute Gasteiger partial charge is 0.494 e. The third-order valence-electron chi connectivity index (χ3n) is 4.33. The number of amides is 1. The van der Waals surface area contributed by atoms with E-state index in [9.17, 15) is 13.2 Å². The zero-order valence-electron chi connectivity index (χ0n) is 17.6. The van der Waals surface area contributed by atoms with Gasteiger partial charge in [-0.2, -0.15) is 0 Å². The minimum absolute atomic E-state index is 0.0192. The summed E-state index contributed by atoms with van der Waals surface area (Å²) in [4.78, 5) is 12.1. The number of hydrogen-bond acceptors (Lipinski definition) is 5. The summed E-state index contributed by atoms with van der Waals surface area (Å²) in [5, 5.41) is 2.77. The topological polar surface area (TPSA) is 93.7 Å². The van der Waals surface area contributed by atoms with Gasteiger partial charge in [-0.3, -0.25) is 9.52 Å². The predicted molar refractivity (Wildman–Crippen MR) is 125 cm³/mol. The Hall–Kier alpha value is -3.23. The first-order valence-corrected chi connectivity index (χ1v) is 11.7. The Bertz CT molecular complexity index is 1180. The Balaban J connectivity index is 1.59. The molecule has 0 saturated heterocycles. The molecule has 168 valence electrons. The van der Waals surface area contributed by atoms with E-state index in [1.165, 1.54) is 18.2 Å². The Morgan fingerprint density at radius 1 is 0.938 bits per heavy atom. The molecule has 0 bridgehead atoms. The molecule has 0 aliphatic carbocycles. The highest BCUT2D eigenvalue weighted by molar-refractivity contribution is 7.92. The van der Waals surface area contributed by atoms with E-state index in [2.05, 4.69) is 10.0 Å². The number of carbonyl (C=O) groups is 1. The fourth-order valence-corrected chi connectivity index (χ4v) is 4.13. The summed E-state index contributed by atoms with van der Waals surface area (Å²) in [5.74, 6) is 0.520. The zero-order valence-corrected chi connectivity index (χ0v) is 19.2. The van der Waals surface area contributed by atoms with E-state index in [0.717, 1.165) is 5.56 Å². The van der Waals surface area contributed by atoms with Gasteiger partial charge in [0.25, 0.3) is 15.9 Å². The zero-order chi connectivity index (χ0) is 23.1. The van der Waals surface area contributed by atoms with Crippen molar-refractivity contribution in [3.8, 4) is 11.5 Å². The van der Waals surface area contributed by atoms with Crippen molar-refractivity contribution < 1.29 is 22.7 Å². The van der Waals surface area contributed by atoms with Gasteiger partial charge in [0, 0.05) is 11.4 Å². The average molecular weight is 475 g/mol. The highest BCUT2D eigenvalue weighted by Crippen LogP contribution is 2.28. The normalized spacial score (nSPS) is 11.0. The van der Waals surface area contributed by atoms with Crippen LogP contribution in [0.1, 0.15) is 12.5 Å². The number of sulfonamides is 1. The van der Waals surface area contributed by atoms with Crippen molar-refractivity contribution in [2.24, 2.45) is 0 Å². The molecule has 0 radical (unpaired) electrons. The standard InChI is InChI=1S/C23H23ClN2O5S/c1-3-30-19-10-8-17(9-11-19)25-23(27)15-31-22-13-12-20(14-21(22)24)32(28,29)26-18-6-4-16(2)5-7-18/h4-14,26H,3,15H2,1-2H3,(H,25,27). The third kappa shape index (κ3) is 6.38. The number of rotatable bonds is 9. The van der Waals surface area contributed by atoms with Crippen LogP contribution >= 0.6 is 11.6 Å². The number of halogens is 1. The first-order valence-electron chi connectivity index (χ1n) is 9.81. The van der Waals surface area contributed by atoms with Gasteiger partial charge in [-0.15, -0.1) is 0 Å². The second-order valence-corrected chi connectivity index (χ2v) is 8.95. The summed E-state index contributed by atoms with van der Waals surface area (Å²) in [6, 6.07) is 18.0. The predicted octanol–water partition coefficient (Wildman–Crippen LogP) is 4.87. The van der Waals surface area contributed by atoms with Crippen LogP contribution in [0.15, 0.2) is 71.6 Å². The molecular weight excluding hydrogens is 452 g/mol. The van der Waals surface area contributed by atoms with E-state index >= 15 is 0 Å². The van der Waals surface area contributed by atoms with Crippen molar-refractivity contribution in [3.63, 3.8) is 0 Å². The fourth-order valence-electron chi connectivity index (χ4n) is 2.74. The van der Waals surface area contributed by atoms with Crippen molar-refractivity contribution in [1.82, 2.24) is 0 Å². The smallest absolute Gasteiger partial charge is 0.262 e. The molecular formula is C23H23ClN2O5S. The molecule has 0 aliphatic rings. The summed E-state index contributed by atoms with van der Waals surface area (Å²) in [5.41, 5.74) is 2.05. The molecule has 0 heterocycles. The molecule has 0 unspecified atom stereocenters. The summed E-state index contributed by atoms with van der Waals surface area (Å²) in [7, 11) is -3.82. The van der Waals surface area contributed by atoms with E-state index in [1.807, 2.05) is 13.8 Å². The van der Waals surface area contributed by atoms with E-state index in [0.29, 0.717) is 23.7 Å². The van der Waals surface area contributed by atoms with Gasteiger partial charge in [-0.1, -0.05) is 29.3 Å². The highest BCUT2D eigenvalue weighted by atomic mass is 35.5. The summed E-state index contributed by atoms with van der Waals surface area (Å²) in [6.45, 7) is 4.07. The average Bonchev–Trinajstić information content (AvgIpc) is 2.76. The van der Waals surface area contributed by atoms with E-state index in [1.54, 1.807) is 48.5 Å². The lowest BCUT2D eigenvalue weighted by Gasteiger charge is -2.12. The Labute approximate surface area is 192 Å². The van der Waals surface area contributed by atoms with E-state index in [-0.39, 0.29) is 28.2 Å². The van der Waals surface area contributed by atoms with Gasteiger partial charge in [-0.05, 0) is 68.4 Å². The summed E-state index contributed by atoms with van der Waals surface area (Å²) in [6.07, 6.45) is 0. The van der Waals surface area contributed by atoms with Gasteiger partial charge in [-0.25, -0.2) is 8.42 Å². The first kappa shape index (κ1) is 23.4. The molecule has 0 spiro atoms. The number of nitrogens with one attached hydrogen (secondary N) is 2. The molecule has 9 heteroatoms. The molecule has 3 aromatic rings. The molecule has 0 saturated carbocycles. The minimum atomic E-state index is -3.82.